The molecule has 8 nitrogen and oxygen atoms in total. The van der Waals surface area contributed by atoms with Crippen LogP contribution >= 0.6 is 0 Å². The zero-order chi connectivity index (χ0) is 17.0. The first kappa shape index (κ1) is 15.9. The number of hydrogen-bond donors (Lipinski definition) is 1. The first-order valence-corrected chi connectivity index (χ1v) is 8.66. The Hall–Kier alpha value is -2.00. The van der Waals surface area contributed by atoms with E-state index in [-0.39, 0.29) is 4.90 Å². The molecule has 0 radical (unpaired) electrons. The van der Waals surface area contributed by atoms with E-state index >= 15 is 0 Å². The van der Waals surface area contributed by atoms with E-state index in [1.165, 1.54) is 19.3 Å². The second-order valence-electron chi connectivity index (χ2n) is 5.91. The average Bonchev–Trinajstić information content (AvgIpc) is 2.72. The normalized spacial score (nSPS) is 17.4. The molecule has 1 aliphatic rings. The average molecular weight is 338 g/mol. The molecule has 0 saturated heterocycles. The van der Waals surface area contributed by atoms with Crippen LogP contribution in [0.5, 0.6) is 0 Å². The van der Waals surface area contributed by atoms with Crippen molar-refractivity contribution in [3.63, 3.8) is 0 Å². The van der Waals surface area contributed by atoms with Crippen LogP contribution in [-0.2, 0) is 21.9 Å². The lowest BCUT2D eigenvalue weighted by molar-refractivity contribution is -0.152. The summed E-state index contributed by atoms with van der Waals surface area (Å²) in [6, 6.07) is 1.50. The van der Waals surface area contributed by atoms with Gasteiger partial charge in [-0.2, -0.15) is 9.40 Å². The number of fused-ring (bicyclic) bond motifs is 1. The first-order chi connectivity index (χ1) is 10.7. The molecule has 0 amide bonds. The second-order valence-corrected chi connectivity index (χ2v) is 7.88. The van der Waals surface area contributed by atoms with Crippen molar-refractivity contribution in [1.29, 1.82) is 0 Å². The molecule has 23 heavy (non-hydrogen) atoms. The standard InChI is InChI=1S/C14H18N4O4S/c1-9-11-7-10(8-15-12(11)17(2)16-9)23(21,22)18(3)14(13(19)20)5-4-6-14/h7-8H,4-6H2,1-3H3,(H,19,20). The monoisotopic (exact) mass is 338 g/mol. The molecular weight excluding hydrogens is 320 g/mol. The van der Waals surface area contributed by atoms with Gasteiger partial charge in [0.1, 0.15) is 10.4 Å². The van der Waals surface area contributed by atoms with E-state index in [4.69, 9.17) is 0 Å². The van der Waals surface area contributed by atoms with Crippen LogP contribution in [0.1, 0.15) is 25.0 Å². The van der Waals surface area contributed by atoms with Crippen molar-refractivity contribution in [3.8, 4) is 0 Å². The molecule has 9 heteroatoms. The number of nitrogens with zero attached hydrogens (tertiary/aromatic N) is 4. The first-order valence-electron chi connectivity index (χ1n) is 7.22. The van der Waals surface area contributed by atoms with Crippen LogP contribution in [0.15, 0.2) is 17.2 Å². The van der Waals surface area contributed by atoms with Crippen molar-refractivity contribution in [1.82, 2.24) is 19.1 Å². The fourth-order valence-corrected chi connectivity index (χ4v) is 4.48. The highest BCUT2D eigenvalue weighted by atomic mass is 32.2. The minimum atomic E-state index is -3.95. The lowest BCUT2D eigenvalue weighted by atomic mass is 9.77. The SMILES string of the molecule is Cc1nn(C)c2ncc(S(=O)(=O)N(C)C3(C(=O)O)CCC3)cc12. The molecule has 1 saturated carbocycles. The van der Waals surface area contributed by atoms with Crippen LogP contribution in [0, 0.1) is 6.92 Å². The molecule has 1 aliphatic carbocycles. The molecule has 1 N–H and O–H groups in total. The summed E-state index contributed by atoms with van der Waals surface area (Å²) in [5.41, 5.74) is -0.0930. The number of rotatable bonds is 4. The highest BCUT2D eigenvalue weighted by molar-refractivity contribution is 7.89. The lowest BCUT2D eigenvalue weighted by Gasteiger charge is -2.43. The molecule has 124 valence electrons. The molecule has 1 fully saturated rings. The Bertz CT molecular complexity index is 899. The topological polar surface area (TPSA) is 105 Å². The molecule has 2 aromatic heterocycles. The van der Waals surface area contributed by atoms with Crippen molar-refractivity contribution < 1.29 is 18.3 Å². The number of carboxylic acid groups (broad SMARTS) is 1. The third kappa shape index (κ3) is 2.14. The fraction of sp³-hybridized carbons (Fsp3) is 0.500. The highest BCUT2D eigenvalue weighted by Crippen LogP contribution is 2.40. The number of pyridine rings is 1. The third-order valence-corrected chi connectivity index (χ3v) is 6.57. The Balaban J connectivity index is 2.09. The van der Waals surface area contributed by atoms with E-state index < -0.39 is 21.5 Å². The van der Waals surface area contributed by atoms with Crippen LogP contribution in [-0.4, -0.2) is 51.1 Å². The summed E-state index contributed by atoms with van der Waals surface area (Å²) in [5, 5.41) is 14.3. The van der Waals surface area contributed by atoms with Gasteiger partial charge >= 0.3 is 5.97 Å². The van der Waals surface area contributed by atoms with Gasteiger partial charge in [-0.15, -0.1) is 0 Å². The predicted molar refractivity (Wildman–Crippen MR) is 82.4 cm³/mol. The summed E-state index contributed by atoms with van der Waals surface area (Å²) in [4.78, 5) is 15.7. The molecule has 0 bridgehead atoms. The van der Waals surface area contributed by atoms with Crippen molar-refractivity contribution in [3.05, 3.63) is 18.0 Å². The van der Waals surface area contributed by atoms with Gasteiger partial charge in [0.05, 0.1) is 5.69 Å². The van der Waals surface area contributed by atoms with E-state index in [0.29, 0.717) is 36.0 Å². The third-order valence-electron chi connectivity index (χ3n) is 4.68. The number of hydrogen-bond acceptors (Lipinski definition) is 5. The largest absolute Gasteiger partial charge is 0.480 e. The highest BCUT2D eigenvalue weighted by Gasteiger charge is 2.52. The summed E-state index contributed by atoms with van der Waals surface area (Å²) in [7, 11) is -0.894. The summed E-state index contributed by atoms with van der Waals surface area (Å²) in [6.07, 6.45) is 2.59. The van der Waals surface area contributed by atoms with Gasteiger partial charge in [0.15, 0.2) is 5.65 Å². The van der Waals surface area contributed by atoms with Crippen molar-refractivity contribution in [2.45, 2.75) is 36.6 Å². The zero-order valence-electron chi connectivity index (χ0n) is 13.1. The number of aryl methyl sites for hydroxylation is 2. The van der Waals surface area contributed by atoms with E-state index in [1.807, 2.05) is 0 Å². The smallest absolute Gasteiger partial charge is 0.325 e. The molecule has 0 aromatic carbocycles. The van der Waals surface area contributed by atoms with Gasteiger partial charge in [-0.25, -0.2) is 13.4 Å². The molecule has 0 atom stereocenters. The molecule has 2 heterocycles. The Labute approximate surface area is 133 Å². The second kappa shape index (κ2) is 5.00. The van der Waals surface area contributed by atoms with Gasteiger partial charge in [0.25, 0.3) is 0 Å². The Morgan fingerprint density at radius 2 is 2.09 bits per heavy atom. The van der Waals surface area contributed by atoms with Crippen LogP contribution in [0.4, 0.5) is 0 Å². The van der Waals surface area contributed by atoms with Crippen LogP contribution in [0.3, 0.4) is 0 Å². The van der Waals surface area contributed by atoms with Gasteiger partial charge < -0.3 is 5.11 Å². The maximum atomic E-state index is 12.8. The fourth-order valence-electron chi connectivity index (χ4n) is 2.99. The zero-order valence-corrected chi connectivity index (χ0v) is 14.0. The van der Waals surface area contributed by atoms with Crippen molar-refractivity contribution >= 4 is 27.0 Å². The Morgan fingerprint density at radius 1 is 1.43 bits per heavy atom. The Kier molecular flexibility index (Phi) is 3.45. The van der Waals surface area contributed by atoms with Gasteiger partial charge in [0.2, 0.25) is 10.0 Å². The number of sulfonamides is 1. The molecule has 0 aliphatic heterocycles. The van der Waals surface area contributed by atoms with Crippen molar-refractivity contribution in [2.75, 3.05) is 7.05 Å². The van der Waals surface area contributed by atoms with Crippen molar-refractivity contribution in [2.24, 2.45) is 7.05 Å². The van der Waals surface area contributed by atoms with Crippen LogP contribution in [0.25, 0.3) is 11.0 Å². The Morgan fingerprint density at radius 3 is 2.61 bits per heavy atom. The summed E-state index contributed by atoms with van der Waals surface area (Å²) in [6.45, 7) is 1.77. The summed E-state index contributed by atoms with van der Waals surface area (Å²) >= 11 is 0. The van der Waals surface area contributed by atoms with Gasteiger partial charge in [0, 0.05) is 25.7 Å². The number of carbonyl (C=O) groups is 1. The number of carboxylic acids is 1. The molecule has 2 aromatic rings. The molecule has 0 unspecified atom stereocenters. The van der Waals surface area contributed by atoms with Gasteiger partial charge in [-0.05, 0) is 32.3 Å². The summed E-state index contributed by atoms with van der Waals surface area (Å²) in [5.74, 6) is -1.11. The van der Waals surface area contributed by atoms with E-state index in [9.17, 15) is 18.3 Å². The summed E-state index contributed by atoms with van der Waals surface area (Å²) < 4.78 is 28.2. The van der Waals surface area contributed by atoms with Crippen LogP contribution in [0.2, 0.25) is 0 Å². The number of aromatic nitrogens is 3. The quantitative estimate of drug-likeness (QED) is 0.888. The molecule has 0 spiro atoms. The predicted octanol–water partition coefficient (Wildman–Crippen LogP) is 0.905. The van der Waals surface area contributed by atoms with E-state index in [0.717, 1.165) is 4.31 Å². The number of aliphatic carboxylic acids is 1. The van der Waals surface area contributed by atoms with Gasteiger partial charge in [-0.1, -0.05) is 0 Å². The molecule has 3 rings (SSSR count). The van der Waals surface area contributed by atoms with Crippen LogP contribution < -0.4 is 0 Å². The minimum absolute atomic E-state index is 0.0175. The minimum Gasteiger partial charge on any atom is -0.480 e. The van der Waals surface area contributed by atoms with Gasteiger partial charge in [-0.3, -0.25) is 9.48 Å². The lowest BCUT2D eigenvalue weighted by Crippen LogP contribution is -2.59. The maximum absolute atomic E-state index is 12.8. The number of likely N-dealkylation sites (N-methyl/N-ethyl adjacent to an activating group) is 1. The molecular formula is C14H18N4O4S. The maximum Gasteiger partial charge on any atom is 0.325 e. The van der Waals surface area contributed by atoms with E-state index in [2.05, 4.69) is 10.1 Å². The van der Waals surface area contributed by atoms with E-state index in [1.54, 1.807) is 18.7 Å².